The van der Waals surface area contributed by atoms with Gasteiger partial charge in [-0.15, -0.1) is 0 Å². The minimum Gasteiger partial charge on any atom is -0.450 e. The molecule has 1 amide bonds. The number of likely N-dealkylation sites (tertiary alicyclic amines) is 1. The summed E-state index contributed by atoms with van der Waals surface area (Å²) in [4.78, 5) is 21.9. The fourth-order valence-corrected chi connectivity index (χ4v) is 1.52. The van der Waals surface area contributed by atoms with Crippen molar-refractivity contribution in [2.75, 3.05) is 6.54 Å². The van der Waals surface area contributed by atoms with Crippen LogP contribution in [0.15, 0.2) is 0 Å². The second kappa shape index (κ2) is 5.58. The van der Waals surface area contributed by atoms with Crippen LogP contribution in [0.5, 0.6) is 0 Å². The molecular weight excluding hydrogens is 198 g/mol. The molecule has 0 spiro atoms. The third-order valence-corrected chi connectivity index (χ3v) is 2.13. The molecule has 0 aromatic heterocycles. The Morgan fingerprint density at radius 2 is 1.73 bits per heavy atom. The van der Waals surface area contributed by atoms with Crippen molar-refractivity contribution >= 4 is 12.1 Å². The number of hydrogen-bond donors (Lipinski definition) is 2. The van der Waals surface area contributed by atoms with Gasteiger partial charge in [-0.05, 0) is 33.6 Å². The lowest BCUT2D eigenvalue weighted by atomic mass is 10.0. The molecule has 5 heteroatoms. The second-order valence-corrected chi connectivity index (χ2v) is 4.46. The first-order chi connectivity index (χ1) is 6.75. The standard InChI is InChI=1S/C9H17NO.CH2O3/c1-9(2,3)10-7-5-4-6-8(10)11;2-1(3)4/h4-7H2,1-3H3;(H2,2,3,4). The first-order valence-electron chi connectivity index (χ1n) is 4.97. The predicted molar refractivity (Wildman–Crippen MR) is 56.0 cm³/mol. The van der Waals surface area contributed by atoms with Crippen LogP contribution in [0.25, 0.3) is 0 Å². The van der Waals surface area contributed by atoms with Crippen LogP contribution < -0.4 is 0 Å². The van der Waals surface area contributed by atoms with Crippen LogP contribution in [0.3, 0.4) is 0 Å². The van der Waals surface area contributed by atoms with E-state index in [1.807, 2.05) is 4.90 Å². The van der Waals surface area contributed by atoms with Crippen LogP contribution in [0, 0.1) is 0 Å². The van der Waals surface area contributed by atoms with E-state index in [9.17, 15) is 4.79 Å². The molecule has 1 rings (SSSR count). The van der Waals surface area contributed by atoms with E-state index in [1.54, 1.807) is 0 Å². The summed E-state index contributed by atoms with van der Waals surface area (Å²) >= 11 is 0. The van der Waals surface area contributed by atoms with Crippen LogP contribution >= 0.6 is 0 Å². The number of hydrogen-bond acceptors (Lipinski definition) is 2. The maximum absolute atomic E-state index is 11.4. The minimum absolute atomic E-state index is 0.0253. The summed E-state index contributed by atoms with van der Waals surface area (Å²) in [6.45, 7) is 7.23. The van der Waals surface area contributed by atoms with Gasteiger partial charge in [-0.1, -0.05) is 0 Å². The van der Waals surface area contributed by atoms with Crippen LogP contribution in [0.1, 0.15) is 40.0 Å². The molecule has 1 heterocycles. The zero-order valence-electron chi connectivity index (χ0n) is 9.49. The van der Waals surface area contributed by atoms with Crippen LogP contribution in [0.4, 0.5) is 4.79 Å². The topological polar surface area (TPSA) is 77.8 Å². The normalized spacial score (nSPS) is 16.7. The number of carbonyl (C=O) groups excluding carboxylic acids is 1. The molecule has 1 aliphatic heterocycles. The summed E-state index contributed by atoms with van der Waals surface area (Å²) in [6, 6.07) is 0. The van der Waals surface area contributed by atoms with Crippen molar-refractivity contribution < 1.29 is 19.8 Å². The number of amides is 1. The van der Waals surface area contributed by atoms with E-state index in [0.29, 0.717) is 5.91 Å². The average molecular weight is 217 g/mol. The Morgan fingerprint density at radius 3 is 2.00 bits per heavy atom. The lowest BCUT2D eigenvalue weighted by Gasteiger charge is -2.38. The molecule has 0 aromatic rings. The number of nitrogens with zero attached hydrogens (tertiary/aromatic N) is 1. The molecule has 0 radical (unpaired) electrons. The Bertz CT molecular complexity index is 228. The molecular formula is C10H19NO4. The van der Waals surface area contributed by atoms with Gasteiger partial charge in [-0.3, -0.25) is 4.79 Å². The third kappa shape index (κ3) is 5.93. The van der Waals surface area contributed by atoms with Gasteiger partial charge in [-0.25, -0.2) is 4.79 Å². The minimum atomic E-state index is -1.83. The summed E-state index contributed by atoms with van der Waals surface area (Å²) in [5.41, 5.74) is 0.0253. The van der Waals surface area contributed by atoms with Gasteiger partial charge in [0, 0.05) is 18.5 Å². The van der Waals surface area contributed by atoms with E-state index in [0.717, 1.165) is 19.4 Å². The molecule has 0 atom stereocenters. The SMILES string of the molecule is CC(C)(C)N1CCCCC1=O.O=C(O)O. The summed E-state index contributed by atoms with van der Waals surface area (Å²) in [5, 5.41) is 13.9. The van der Waals surface area contributed by atoms with Gasteiger partial charge in [0.2, 0.25) is 5.91 Å². The van der Waals surface area contributed by atoms with Crippen molar-refractivity contribution in [3.63, 3.8) is 0 Å². The van der Waals surface area contributed by atoms with E-state index >= 15 is 0 Å². The van der Waals surface area contributed by atoms with E-state index in [4.69, 9.17) is 15.0 Å². The average Bonchev–Trinajstić information content (AvgIpc) is 2.01. The highest BCUT2D eigenvalue weighted by molar-refractivity contribution is 5.77. The van der Waals surface area contributed by atoms with Crippen molar-refractivity contribution in [2.45, 2.75) is 45.6 Å². The van der Waals surface area contributed by atoms with Gasteiger partial charge in [0.25, 0.3) is 0 Å². The van der Waals surface area contributed by atoms with Gasteiger partial charge in [0.1, 0.15) is 0 Å². The van der Waals surface area contributed by atoms with E-state index in [2.05, 4.69) is 20.8 Å². The Morgan fingerprint density at radius 1 is 1.27 bits per heavy atom. The third-order valence-electron chi connectivity index (χ3n) is 2.13. The molecule has 0 bridgehead atoms. The van der Waals surface area contributed by atoms with Crippen LogP contribution in [-0.2, 0) is 4.79 Å². The molecule has 1 saturated heterocycles. The molecule has 0 unspecified atom stereocenters. The molecule has 0 saturated carbocycles. The van der Waals surface area contributed by atoms with Gasteiger partial charge >= 0.3 is 6.16 Å². The summed E-state index contributed by atoms with van der Waals surface area (Å²) < 4.78 is 0. The Hall–Kier alpha value is -1.26. The van der Waals surface area contributed by atoms with Crippen molar-refractivity contribution in [1.82, 2.24) is 4.90 Å². The molecule has 0 aliphatic carbocycles. The Balaban J connectivity index is 0.000000423. The van der Waals surface area contributed by atoms with E-state index in [-0.39, 0.29) is 5.54 Å². The van der Waals surface area contributed by atoms with Gasteiger partial charge < -0.3 is 15.1 Å². The number of carbonyl (C=O) groups is 2. The van der Waals surface area contributed by atoms with Crippen LogP contribution in [-0.4, -0.2) is 39.3 Å². The number of piperidine rings is 1. The maximum atomic E-state index is 11.4. The van der Waals surface area contributed by atoms with Crippen molar-refractivity contribution in [3.8, 4) is 0 Å². The predicted octanol–water partition coefficient (Wildman–Crippen LogP) is 2.02. The highest BCUT2D eigenvalue weighted by Gasteiger charge is 2.27. The lowest BCUT2D eigenvalue weighted by Crippen LogP contribution is -2.47. The lowest BCUT2D eigenvalue weighted by molar-refractivity contribution is -0.138. The first-order valence-corrected chi connectivity index (χ1v) is 4.97. The monoisotopic (exact) mass is 217 g/mol. The second-order valence-electron chi connectivity index (χ2n) is 4.46. The highest BCUT2D eigenvalue weighted by atomic mass is 16.6. The fraction of sp³-hybridized carbons (Fsp3) is 0.800. The van der Waals surface area contributed by atoms with Gasteiger partial charge in [0.15, 0.2) is 0 Å². The summed E-state index contributed by atoms with van der Waals surface area (Å²) in [5.74, 6) is 0.323. The zero-order valence-corrected chi connectivity index (χ0v) is 9.49. The zero-order chi connectivity index (χ0) is 12.1. The number of carboxylic acid groups (broad SMARTS) is 2. The largest absolute Gasteiger partial charge is 0.503 e. The van der Waals surface area contributed by atoms with Crippen molar-refractivity contribution in [1.29, 1.82) is 0 Å². The maximum Gasteiger partial charge on any atom is 0.503 e. The molecule has 5 nitrogen and oxygen atoms in total. The Labute approximate surface area is 89.7 Å². The van der Waals surface area contributed by atoms with Crippen LogP contribution in [0.2, 0.25) is 0 Å². The number of rotatable bonds is 0. The van der Waals surface area contributed by atoms with E-state index < -0.39 is 6.16 Å². The molecule has 1 fully saturated rings. The van der Waals surface area contributed by atoms with Crippen molar-refractivity contribution in [2.24, 2.45) is 0 Å². The van der Waals surface area contributed by atoms with Gasteiger partial charge in [-0.2, -0.15) is 0 Å². The fourth-order valence-electron chi connectivity index (χ4n) is 1.52. The smallest absolute Gasteiger partial charge is 0.450 e. The summed E-state index contributed by atoms with van der Waals surface area (Å²) in [7, 11) is 0. The Kier molecular flexibility index (Phi) is 5.11. The molecule has 88 valence electrons. The highest BCUT2D eigenvalue weighted by Crippen LogP contribution is 2.20. The summed E-state index contributed by atoms with van der Waals surface area (Å²) in [6.07, 6.45) is 1.16. The molecule has 0 aromatic carbocycles. The quantitative estimate of drug-likeness (QED) is 0.650. The first kappa shape index (κ1) is 13.7. The molecule has 2 N–H and O–H groups in total. The molecule has 1 aliphatic rings. The molecule has 15 heavy (non-hydrogen) atoms. The van der Waals surface area contributed by atoms with Gasteiger partial charge in [0.05, 0.1) is 0 Å². The van der Waals surface area contributed by atoms with Crippen molar-refractivity contribution in [3.05, 3.63) is 0 Å². The van der Waals surface area contributed by atoms with E-state index in [1.165, 1.54) is 6.42 Å².